The van der Waals surface area contributed by atoms with E-state index in [1.165, 1.54) is 31.5 Å². The van der Waals surface area contributed by atoms with Crippen molar-refractivity contribution in [2.24, 2.45) is 0 Å². The maximum absolute atomic E-state index is 4.24. The third kappa shape index (κ3) is 4.62. The normalized spacial score (nSPS) is 17.2. The van der Waals surface area contributed by atoms with Gasteiger partial charge in [-0.2, -0.15) is 0 Å². The Balaban J connectivity index is 1.81. The summed E-state index contributed by atoms with van der Waals surface area (Å²) < 4.78 is 0.905. The predicted molar refractivity (Wildman–Crippen MR) is 84.5 cm³/mol. The Morgan fingerprint density at radius 2 is 2.21 bits per heavy atom. The van der Waals surface area contributed by atoms with Crippen molar-refractivity contribution in [3.05, 3.63) is 34.6 Å². The monoisotopic (exact) mass is 323 g/mol. The van der Waals surface area contributed by atoms with Gasteiger partial charge < -0.3 is 5.32 Å². The van der Waals surface area contributed by atoms with Gasteiger partial charge in [-0.25, -0.2) is 4.98 Å². The first-order valence-electron chi connectivity index (χ1n) is 6.88. The van der Waals surface area contributed by atoms with Crippen LogP contribution in [0.15, 0.2) is 34.6 Å². The van der Waals surface area contributed by atoms with Crippen LogP contribution in [0.25, 0.3) is 0 Å². The number of halogens is 1. The molecule has 4 heteroatoms. The van der Waals surface area contributed by atoms with Crippen LogP contribution in [0.5, 0.6) is 0 Å². The Hall–Kier alpha value is -0.870. The molecule has 3 nitrogen and oxygen atoms in total. The lowest BCUT2D eigenvalue weighted by molar-refractivity contribution is 0.240. The fraction of sp³-hybridized carbons (Fsp3) is 0.533. The van der Waals surface area contributed by atoms with Gasteiger partial charge in [-0.15, -0.1) is 0 Å². The molecule has 2 rings (SSSR count). The van der Waals surface area contributed by atoms with Crippen LogP contribution in [-0.4, -0.2) is 35.6 Å². The molecule has 0 spiro atoms. The number of rotatable bonds is 4. The van der Waals surface area contributed by atoms with Gasteiger partial charge in [0.25, 0.3) is 0 Å². The molecule has 0 bridgehead atoms. The van der Waals surface area contributed by atoms with Gasteiger partial charge in [-0.3, -0.25) is 4.90 Å². The van der Waals surface area contributed by atoms with E-state index in [0.717, 1.165) is 16.8 Å². The van der Waals surface area contributed by atoms with Crippen LogP contribution in [0.2, 0.25) is 0 Å². The van der Waals surface area contributed by atoms with E-state index in [2.05, 4.69) is 57.1 Å². The second-order valence-corrected chi connectivity index (χ2v) is 6.09. The standard InChI is InChI=1S/C15H22BrN3/c1-12(2)5-9-19-10-6-13(7-11-19)18-14-4-3-8-17-15(14)16/h3-5,8,13,18H,6-7,9-11H2,1-2H3. The average molecular weight is 324 g/mol. The molecule has 1 fully saturated rings. The Kier molecular flexibility index (Phi) is 5.40. The highest BCUT2D eigenvalue weighted by Crippen LogP contribution is 2.22. The third-order valence-corrected chi connectivity index (χ3v) is 4.10. The van der Waals surface area contributed by atoms with Crippen LogP contribution in [-0.2, 0) is 0 Å². The molecule has 1 aliphatic rings. The van der Waals surface area contributed by atoms with Crippen LogP contribution in [0.3, 0.4) is 0 Å². The van der Waals surface area contributed by atoms with Crippen molar-refractivity contribution < 1.29 is 0 Å². The van der Waals surface area contributed by atoms with Gasteiger partial charge in [0.15, 0.2) is 0 Å². The minimum atomic E-state index is 0.559. The van der Waals surface area contributed by atoms with E-state index in [4.69, 9.17) is 0 Å². The van der Waals surface area contributed by atoms with Crippen molar-refractivity contribution in [2.45, 2.75) is 32.7 Å². The van der Waals surface area contributed by atoms with E-state index in [-0.39, 0.29) is 0 Å². The first-order chi connectivity index (χ1) is 9.15. The molecule has 2 heterocycles. The number of likely N-dealkylation sites (tertiary alicyclic amines) is 1. The van der Waals surface area contributed by atoms with Gasteiger partial charge >= 0.3 is 0 Å². The van der Waals surface area contributed by atoms with Crippen molar-refractivity contribution in [1.29, 1.82) is 0 Å². The first kappa shape index (κ1) is 14.5. The van der Waals surface area contributed by atoms with Gasteiger partial charge in [0.2, 0.25) is 0 Å². The third-order valence-electron chi connectivity index (χ3n) is 3.46. The molecule has 1 aromatic heterocycles. The molecule has 0 amide bonds. The zero-order valence-corrected chi connectivity index (χ0v) is 13.3. The first-order valence-corrected chi connectivity index (χ1v) is 7.67. The highest BCUT2D eigenvalue weighted by Gasteiger charge is 2.18. The number of anilines is 1. The summed E-state index contributed by atoms with van der Waals surface area (Å²) in [4.78, 5) is 6.76. The summed E-state index contributed by atoms with van der Waals surface area (Å²) in [5.41, 5.74) is 2.50. The van der Waals surface area contributed by atoms with Crippen LogP contribution in [0.4, 0.5) is 5.69 Å². The number of nitrogens with one attached hydrogen (secondary N) is 1. The zero-order chi connectivity index (χ0) is 13.7. The molecular weight excluding hydrogens is 302 g/mol. The Labute approximate surface area is 124 Å². The molecule has 19 heavy (non-hydrogen) atoms. The largest absolute Gasteiger partial charge is 0.380 e. The minimum Gasteiger partial charge on any atom is -0.380 e. The number of piperidine rings is 1. The number of hydrogen-bond donors (Lipinski definition) is 1. The number of allylic oxidation sites excluding steroid dienone is 1. The molecule has 0 atom stereocenters. The minimum absolute atomic E-state index is 0.559. The van der Waals surface area contributed by atoms with Crippen molar-refractivity contribution >= 4 is 21.6 Å². The van der Waals surface area contributed by atoms with Crippen LogP contribution in [0.1, 0.15) is 26.7 Å². The SMILES string of the molecule is CC(C)=CCN1CCC(Nc2cccnc2Br)CC1. The summed E-state index contributed by atoms with van der Waals surface area (Å²) in [6.45, 7) is 7.74. The van der Waals surface area contributed by atoms with Gasteiger partial charge in [0, 0.05) is 31.9 Å². The maximum atomic E-state index is 4.24. The average Bonchev–Trinajstić information content (AvgIpc) is 2.40. The fourth-order valence-corrected chi connectivity index (χ4v) is 2.65. The number of hydrogen-bond acceptors (Lipinski definition) is 3. The van der Waals surface area contributed by atoms with Crippen molar-refractivity contribution in [3.63, 3.8) is 0 Å². The molecule has 1 aliphatic heterocycles. The second-order valence-electron chi connectivity index (χ2n) is 5.34. The highest BCUT2D eigenvalue weighted by molar-refractivity contribution is 9.10. The summed E-state index contributed by atoms with van der Waals surface area (Å²) in [6.07, 6.45) is 6.50. The Morgan fingerprint density at radius 1 is 1.47 bits per heavy atom. The summed E-state index contributed by atoms with van der Waals surface area (Å²) in [5.74, 6) is 0. The lowest BCUT2D eigenvalue weighted by Gasteiger charge is -2.32. The summed E-state index contributed by atoms with van der Waals surface area (Å²) in [6, 6.07) is 4.60. The molecule has 1 saturated heterocycles. The molecule has 0 radical (unpaired) electrons. The van der Waals surface area contributed by atoms with Gasteiger partial charge in [0.1, 0.15) is 4.60 Å². The zero-order valence-electron chi connectivity index (χ0n) is 11.7. The van der Waals surface area contributed by atoms with Crippen molar-refractivity contribution in [1.82, 2.24) is 9.88 Å². The van der Waals surface area contributed by atoms with E-state index in [0.29, 0.717) is 6.04 Å². The second kappa shape index (κ2) is 7.06. The van der Waals surface area contributed by atoms with Crippen molar-refractivity contribution in [2.75, 3.05) is 25.0 Å². The fourth-order valence-electron chi connectivity index (χ4n) is 2.29. The van der Waals surface area contributed by atoms with Crippen LogP contribution >= 0.6 is 15.9 Å². The molecule has 1 N–H and O–H groups in total. The molecule has 104 valence electrons. The molecular formula is C15H22BrN3. The highest BCUT2D eigenvalue weighted by atomic mass is 79.9. The molecule has 0 aromatic carbocycles. The quantitative estimate of drug-likeness (QED) is 0.676. The Morgan fingerprint density at radius 3 is 2.84 bits per heavy atom. The maximum Gasteiger partial charge on any atom is 0.129 e. The lowest BCUT2D eigenvalue weighted by Crippen LogP contribution is -2.39. The Bertz CT molecular complexity index is 433. The lowest BCUT2D eigenvalue weighted by atomic mass is 10.0. The molecule has 0 unspecified atom stereocenters. The number of aromatic nitrogens is 1. The van der Waals surface area contributed by atoms with Gasteiger partial charge in [-0.1, -0.05) is 11.6 Å². The van der Waals surface area contributed by atoms with E-state index < -0.39 is 0 Å². The summed E-state index contributed by atoms with van der Waals surface area (Å²) in [7, 11) is 0. The van der Waals surface area contributed by atoms with Gasteiger partial charge in [-0.05, 0) is 54.8 Å². The molecule has 1 aromatic rings. The van der Waals surface area contributed by atoms with Gasteiger partial charge in [0.05, 0.1) is 5.69 Å². The van der Waals surface area contributed by atoms with E-state index in [9.17, 15) is 0 Å². The molecule has 0 saturated carbocycles. The number of pyridine rings is 1. The smallest absolute Gasteiger partial charge is 0.129 e. The molecule has 0 aliphatic carbocycles. The van der Waals surface area contributed by atoms with E-state index in [1.54, 1.807) is 6.20 Å². The van der Waals surface area contributed by atoms with Crippen LogP contribution < -0.4 is 5.32 Å². The van der Waals surface area contributed by atoms with Crippen molar-refractivity contribution in [3.8, 4) is 0 Å². The number of nitrogens with zero attached hydrogens (tertiary/aromatic N) is 2. The van der Waals surface area contributed by atoms with Crippen LogP contribution in [0, 0.1) is 0 Å². The predicted octanol–water partition coefficient (Wildman–Crippen LogP) is 3.69. The van der Waals surface area contributed by atoms with E-state index >= 15 is 0 Å². The van der Waals surface area contributed by atoms with E-state index in [1.807, 2.05) is 6.07 Å². The topological polar surface area (TPSA) is 28.2 Å². The summed E-state index contributed by atoms with van der Waals surface area (Å²) in [5, 5.41) is 3.58. The summed E-state index contributed by atoms with van der Waals surface area (Å²) >= 11 is 3.48.